The third kappa shape index (κ3) is 4.13. The van der Waals surface area contributed by atoms with Crippen molar-refractivity contribution in [2.24, 2.45) is 0 Å². The zero-order valence-electron chi connectivity index (χ0n) is 12.2. The van der Waals surface area contributed by atoms with Gasteiger partial charge in [0.2, 0.25) is 0 Å². The van der Waals surface area contributed by atoms with Gasteiger partial charge in [0.25, 0.3) is 17.2 Å². The van der Waals surface area contributed by atoms with Gasteiger partial charge in [-0.3, -0.25) is 24.3 Å². The van der Waals surface area contributed by atoms with E-state index >= 15 is 0 Å². The number of benzene rings is 1. The van der Waals surface area contributed by atoms with Gasteiger partial charge >= 0.3 is 0 Å². The lowest BCUT2D eigenvalue weighted by Gasteiger charge is -2.07. The van der Waals surface area contributed by atoms with E-state index in [0.717, 1.165) is 6.07 Å². The number of carbonyl (C=O) groups excluding carboxylic acids is 1. The van der Waals surface area contributed by atoms with Crippen LogP contribution in [0.3, 0.4) is 0 Å². The van der Waals surface area contributed by atoms with Crippen LogP contribution in [0.1, 0.15) is 16.1 Å². The molecule has 0 saturated heterocycles. The Morgan fingerprint density at radius 2 is 2.17 bits per heavy atom. The second-order valence-electron chi connectivity index (χ2n) is 4.74. The van der Waals surface area contributed by atoms with Crippen molar-refractivity contribution in [1.29, 1.82) is 0 Å². The van der Waals surface area contributed by atoms with E-state index in [2.05, 4.69) is 10.3 Å². The summed E-state index contributed by atoms with van der Waals surface area (Å²) < 4.78 is 1.36. The van der Waals surface area contributed by atoms with Gasteiger partial charge in [0.05, 0.1) is 11.3 Å². The van der Waals surface area contributed by atoms with Crippen LogP contribution in [-0.4, -0.2) is 26.9 Å². The summed E-state index contributed by atoms with van der Waals surface area (Å²) in [6.07, 6.45) is 1.40. The zero-order chi connectivity index (χ0) is 17.0. The van der Waals surface area contributed by atoms with E-state index in [9.17, 15) is 19.7 Å². The molecule has 0 atom stereocenters. The molecule has 0 radical (unpaired) electrons. The minimum atomic E-state index is -0.656. The van der Waals surface area contributed by atoms with Crippen LogP contribution >= 0.6 is 11.6 Å². The highest BCUT2D eigenvalue weighted by molar-refractivity contribution is 6.32. The number of carbonyl (C=O) groups is 1. The number of nitrogens with one attached hydrogen (secondary N) is 1. The molecule has 0 bridgehead atoms. The van der Waals surface area contributed by atoms with Gasteiger partial charge in [-0.25, -0.2) is 4.98 Å². The maximum atomic E-state index is 12.0. The summed E-state index contributed by atoms with van der Waals surface area (Å²) in [6, 6.07) is 5.19. The summed E-state index contributed by atoms with van der Waals surface area (Å²) in [7, 11) is 0. The van der Waals surface area contributed by atoms with Gasteiger partial charge in [0, 0.05) is 36.5 Å². The Labute approximate surface area is 135 Å². The number of nitro groups is 1. The van der Waals surface area contributed by atoms with Crippen molar-refractivity contribution in [2.75, 3.05) is 6.54 Å². The van der Waals surface area contributed by atoms with E-state index in [1.807, 2.05) is 0 Å². The molecule has 23 heavy (non-hydrogen) atoms. The fraction of sp³-hybridized carbons (Fsp3) is 0.214. The maximum absolute atomic E-state index is 12.0. The number of rotatable bonds is 5. The zero-order valence-corrected chi connectivity index (χ0v) is 12.9. The monoisotopic (exact) mass is 336 g/mol. The Hall–Kier alpha value is -2.74. The number of halogens is 1. The van der Waals surface area contributed by atoms with Crippen LogP contribution in [0, 0.1) is 17.0 Å². The van der Waals surface area contributed by atoms with Gasteiger partial charge in [0.15, 0.2) is 0 Å². The first-order valence-electron chi connectivity index (χ1n) is 6.63. The molecular formula is C14H13ClN4O4. The molecule has 1 heterocycles. The summed E-state index contributed by atoms with van der Waals surface area (Å²) in [5.41, 5.74) is 0.186. The number of aryl methyl sites for hydroxylation is 1. The lowest BCUT2D eigenvalue weighted by atomic mass is 10.2. The number of aromatic nitrogens is 2. The average molecular weight is 337 g/mol. The van der Waals surface area contributed by atoms with Crippen LogP contribution in [-0.2, 0) is 6.54 Å². The molecule has 1 aromatic heterocycles. The first-order valence-corrected chi connectivity index (χ1v) is 7.01. The Morgan fingerprint density at radius 1 is 1.43 bits per heavy atom. The molecule has 9 heteroatoms. The molecule has 0 spiro atoms. The fourth-order valence-electron chi connectivity index (χ4n) is 1.87. The second kappa shape index (κ2) is 7.01. The molecule has 0 aliphatic rings. The van der Waals surface area contributed by atoms with Crippen molar-refractivity contribution in [3.63, 3.8) is 0 Å². The highest BCUT2D eigenvalue weighted by Gasteiger charge is 2.16. The van der Waals surface area contributed by atoms with Crippen molar-refractivity contribution < 1.29 is 9.72 Å². The van der Waals surface area contributed by atoms with Gasteiger partial charge in [-0.15, -0.1) is 0 Å². The summed E-state index contributed by atoms with van der Waals surface area (Å²) in [4.78, 5) is 37.8. The van der Waals surface area contributed by atoms with Crippen molar-refractivity contribution in [3.05, 3.63) is 67.3 Å². The number of hydrogen-bond acceptors (Lipinski definition) is 5. The predicted octanol–water partition coefficient (Wildman–Crippen LogP) is 1.54. The normalized spacial score (nSPS) is 10.3. The molecule has 120 valence electrons. The van der Waals surface area contributed by atoms with Crippen LogP contribution in [0.2, 0.25) is 5.02 Å². The topological polar surface area (TPSA) is 107 Å². The molecule has 0 aliphatic carbocycles. The van der Waals surface area contributed by atoms with E-state index in [4.69, 9.17) is 11.6 Å². The largest absolute Gasteiger partial charge is 0.350 e. The van der Waals surface area contributed by atoms with E-state index in [0.29, 0.717) is 5.69 Å². The van der Waals surface area contributed by atoms with E-state index in [1.165, 1.54) is 29.1 Å². The number of amides is 1. The first kappa shape index (κ1) is 16.6. The first-order chi connectivity index (χ1) is 10.9. The van der Waals surface area contributed by atoms with Crippen molar-refractivity contribution in [3.8, 4) is 0 Å². The van der Waals surface area contributed by atoms with Crippen molar-refractivity contribution >= 4 is 23.2 Å². The molecule has 1 aromatic carbocycles. The summed E-state index contributed by atoms with van der Waals surface area (Å²) in [6.45, 7) is 2.13. The van der Waals surface area contributed by atoms with E-state index < -0.39 is 10.8 Å². The lowest BCUT2D eigenvalue weighted by Crippen LogP contribution is -2.30. The minimum absolute atomic E-state index is 0.0381. The highest BCUT2D eigenvalue weighted by atomic mass is 35.5. The van der Waals surface area contributed by atoms with E-state index in [1.54, 1.807) is 6.92 Å². The smallest absolute Gasteiger partial charge is 0.288 e. The highest BCUT2D eigenvalue weighted by Crippen LogP contribution is 2.24. The van der Waals surface area contributed by atoms with Crippen LogP contribution in [0.25, 0.3) is 0 Å². The Kier molecular flexibility index (Phi) is 5.07. The summed E-state index contributed by atoms with van der Waals surface area (Å²) in [5, 5.41) is 13.3. The third-order valence-corrected chi connectivity index (χ3v) is 3.38. The van der Waals surface area contributed by atoms with Gasteiger partial charge in [-0.2, -0.15) is 0 Å². The molecule has 0 fully saturated rings. The number of nitrogens with zero attached hydrogens (tertiary/aromatic N) is 3. The molecule has 0 unspecified atom stereocenters. The summed E-state index contributed by atoms with van der Waals surface area (Å²) >= 11 is 5.69. The maximum Gasteiger partial charge on any atom is 0.288 e. The number of hydrogen-bond donors (Lipinski definition) is 1. The lowest BCUT2D eigenvalue weighted by molar-refractivity contribution is -0.384. The minimum Gasteiger partial charge on any atom is -0.350 e. The van der Waals surface area contributed by atoms with Crippen LogP contribution in [0.15, 0.2) is 35.4 Å². The quantitative estimate of drug-likeness (QED) is 0.658. The van der Waals surface area contributed by atoms with Gasteiger partial charge < -0.3 is 5.32 Å². The van der Waals surface area contributed by atoms with Crippen LogP contribution < -0.4 is 10.9 Å². The molecular weight excluding hydrogens is 324 g/mol. The Morgan fingerprint density at radius 3 is 2.83 bits per heavy atom. The van der Waals surface area contributed by atoms with Crippen LogP contribution in [0.5, 0.6) is 0 Å². The second-order valence-corrected chi connectivity index (χ2v) is 5.15. The Balaban J connectivity index is 2.01. The van der Waals surface area contributed by atoms with Gasteiger partial charge in [-0.05, 0) is 19.1 Å². The van der Waals surface area contributed by atoms with E-state index in [-0.39, 0.29) is 34.9 Å². The number of nitro benzene ring substituents is 1. The predicted molar refractivity (Wildman–Crippen MR) is 83.7 cm³/mol. The molecule has 1 N–H and O–H groups in total. The standard InChI is InChI=1S/C14H13ClN4O4/c1-9-6-13(20)18(8-17-9)5-4-16-14(21)10-2-3-11(15)12(7-10)19(22)23/h2-3,6-8H,4-5H2,1H3,(H,16,21). The molecule has 1 amide bonds. The van der Waals surface area contributed by atoms with Gasteiger partial charge in [-0.1, -0.05) is 11.6 Å². The molecule has 0 saturated carbocycles. The third-order valence-electron chi connectivity index (χ3n) is 3.06. The Bertz CT molecular complexity index is 819. The molecule has 2 rings (SSSR count). The van der Waals surface area contributed by atoms with Gasteiger partial charge in [0.1, 0.15) is 5.02 Å². The van der Waals surface area contributed by atoms with Crippen LogP contribution in [0.4, 0.5) is 5.69 Å². The average Bonchev–Trinajstić information content (AvgIpc) is 2.49. The van der Waals surface area contributed by atoms with Crippen molar-refractivity contribution in [1.82, 2.24) is 14.9 Å². The SMILES string of the molecule is Cc1cc(=O)n(CCNC(=O)c2ccc(Cl)c([N+](=O)[O-])c2)cn1. The molecule has 8 nitrogen and oxygen atoms in total. The van der Waals surface area contributed by atoms with Crippen molar-refractivity contribution in [2.45, 2.75) is 13.5 Å². The fourth-order valence-corrected chi connectivity index (χ4v) is 2.06. The molecule has 0 aliphatic heterocycles. The molecule has 2 aromatic rings. The summed E-state index contributed by atoms with van der Waals surface area (Å²) in [5.74, 6) is -0.488.